The van der Waals surface area contributed by atoms with Gasteiger partial charge in [0.05, 0.1) is 26.2 Å². The van der Waals surface area contributed by atoms with Crippen molar-refractivity contribution in [2.24, 2.45) is 0 Å². The first-order valence-electron chi connectivity index (χ1n) is 9.12. The molecule has 2 amide bonds. The van der Waals surface area contributed by atoms with Crippen LogP contribution in [-0.2, 0) is 9.59 Å². The van der Waals surface area contributed by atoms with Gasteiger partial charge in [-0.05, 0) is 43.3 Å². The number of carbonyl (C=O) groups excluding carboxylic acids is 2. The standard InChI is InChI=1S/C21H26ClN3O3/c1-4-25(14-21(27)24-18-6-5-7-19(12-18)28-3)13-20(26)23-15(2)16-8-10-17(22)11-9-16/h5-12,15H,4,13-14H2,1-3H3,(H,23,26)(H,24,27). The number of rotatable bonds is 9. The fraction of sp³-hybridized carbons (Fsp3) is 0.333. The van der Waals surface area contributed by atoms with Gasteiger partial charge < -0.3 is 15.4 Å². The van der Waals surface area contributed by atoms with Crippen LogP contribution in [0.5, 0.6) is 5.75 Å². The summed E-state index contributed by atoms with van der Waals surface area (Å²) in [7, 11) is 1.57. The van der Waals surface area contributed by atoms with E-state index in [9.17, 15) is 9.59 Å². The van der Waals surface area contributed by atoms with Crippen molar-refractivity contribution in [3.05, 3.63) is 59.1 Å². The number of amides is 2. The van der Waals surface area contributed by atoms with Gasteiger partial charge in [0.15, 0.2) is 0 Å². The second-order valence-corrected chi connectivity index (χ2v) is 6.86. The highest BCUT2D eigenvalue weighted by molar-refractivity contribution is 6.30. The number of ether oxygens (including phenoxy) is 1. The number of hydrogen-bond acceptors (Lipinski definition) is 4. The number of carbonyl (C=O) groups is 2. The summed E-state index contributed by atoms with van der Waals surface area (Å²) >= 11 is 5.89. The summed E-state index contributed by atoms with van der Waals surface area (Å²) < 4.78 is 5.15. The maximum absolute atomic E-state index is 12.4. The van der Waals surface area contributed by atoms with E-state index in [1.54, 1.807) is 48.4 Å². The summed E-state index contributed by atoms with van der Waals surface area (Å²) in [6, 6.07) is 14.3. The minimum absolute atomic E-state index is 0.121. The number of nitrogens with one attached hydrogen (secondary N) is 2. The first-order chi connectivity index (χ1) is 13.4. The molecule has 0 saturated heterocycles. The van der Waals surface area contributed by atoms with E-state index in [0.29, 0.717) is 23.0 Å². The largest absolute Gasteiger partial charge is 0.497 e. The lowest BCUT2D eigenvalue weighted by atomic mass is 10.1. The van der Waals surface area contributed by atoms with Crippen molar-refractivity contribution in [3.8, 4) is 5.75 Å². The van der Waals surface area contributed by atoms with E-state index in [2.05, 4.69) is 10.6 Å². The third-order valence-electron chi connectivity index (χ3n) is 4.28. The molecule has 0 aliphatic carbocycles. The van der Waals surface area contributed by atoms with Crippen molar-refractivity contribution in [2.45, 2.75) is 19.9 Å². The Labute approximate surface area is 170 Å². The van der Waals surface area contributed by atoms with Crippen molar-refractivity contribution in [2.75, 3.05) is 32.1 Å². The van der Waals surface area contributed by atoms with E-state index in [0.717, 1.165) is 5.56 Å². The van der Waals surface area contributed by atoms with Gasteiger partial charge in [0.2, 0.25) is 11.8 Å². The molecule has 1 unspecified atom stereocenters. The van der Waals surface area contributed by atoms with Gasteiger partial charge in [-0.1, -0.05) is 36.7 Å². The molecule has 2 N–H and O–H groups in total. The molecular weight excluding hydrogens is 378 g/mol. The van der Waals surface area contributed by atoms with E-state index in [1.807, 2.05) is 26.0 Å². The van der Waals surface area contributed by atoms with E-state index >= 15 is 0 Å². The number of hydrogen-bond donors (Lipinski definition) is 2. The van der Waals surface area contributed by atoms with E-state index in [4.69, 9.17) is 16.3 Å². The highest BCUT2D eigenvalue weighted by atomic mass is 35.5. The molecule has 150 valence electrons. The number of halogens is 1. The molecule has 2 aromatic carbocycles. The molecule has 0 heterocycles. The molecule has 0 radical (unpaired) electrons. The zero-order valence-electron chi connectivity index (χ0n) is 16.4. The molecule has 0 spiro atoms. The summed E-state index contributed by atoms with van der Waals surface area (Å²) in [5.41, 5.74) is 1.62. The quantitative estimate of drug-likeness (QED) is 0.672. The molecule has 28 heavy (non-hydrogen) atoms. The van der Waals surface area contributed by atoms with Gasteiger partial charge in [-0.3, -0.25) is 14.5 Å². The van der Waals surface area contributed by atoms with Crippen molar-refractivity contribution in [1.29, 1.82) is 0 Å². The Hall–Kier alpha value is -2.57. The van der Waals surface area contributed by atoms with Crippen molar-refractivity contribution < 1.29 is 14.3 Å². The summed E-state index contributed by atoms with van der Waals surface area (Å²) in [6.07, 6.45) is 0. The maximum atomic E-state index is 12.4. The SMILES string of the molecule is CCN(CC(=O)Nc1cccc(OC)c1)CC(=O)NC(C)c1ccc(Cl)cc1. The second-order valence-electron chi connectivity index (χ2n) is 6.42. The minimum atomic E-state index is -0.186. The van der Waals surface area contributed by atoms with Gasteiger partial charge in [0, 0.05) is 16.8 Å². The lowest BCUT2D eigenvalue weighted by Crippen LogP contribution is -2.41. The normalized spacial score (nSPS) is 11.8. The van der Waals surface area contributed by atoms with E-state index in [1.165, 1.54) is 0 Å². The van der Waals surface area contributed by atoms with E-state index < -0.39 is 0 Å². The predicted molar refractivity (Wildman–Crippen MR) is 112 cm³/mol. The monoisotopic (exact) mass is 403 g/mol. The van der Waals surface area contributed by atoms with Crippen molar-refractivity contribution in [3.63, 3.8) is 0 Å². The lowest BCUT2D eigenvalue weighted by molar-refractivity contribution is -0.123. The molecule has 2 rings (SSSR count). The molecule has 0 aliphatic heterocycles. The van der Waals surface area contributed by atoms with Crippen LogP contribution in [0.15, 0.2) is 48.5 Å². The highest BCUT2D eigenvalue weighted by Gasteiger charge is 2.15. The van der Waals surface area contributed by atoms with Crippen molar-refractivity contribution in [1.82, 2.24) is 10.2 Å². The Kier molecular flexibility index (Phi) is 8.29. The van der Waals surface area contributed by atoms with Crippen LogP contribution in [-0.4, -0.2) is 43.5 Å². The molecular formula is C21H26ClN3O3. The topological polar surface area (TPSA) is 70.7 Å². The van der Waals surface area contributed by atoms with Crippen LogP contribution in [0.2, 0.25) is 5.02 Å². The van der Waals surface area contributed by atoms with Crippen LogP contribution >= 0.6 is 11.6 Å². The molecule has 7 heteroatoms. The summed E-state index contributed by atoms with van der Waals surface area (Å²) in [6.45, 7) is 4.66. The van der Waals surface area contributed by atoms with Crippen molar-refractivity contribution >= 4 is 29.1 Å². The number of anilines is 1. The van der Waals surface area contributed by atoms with Crippen LogP contribution in [0.25, 0.3) is 0 Å². The fourth-order valence-electron chi connectivity index (χ4n) is 2.71. The zero-order chi connectivity index (χ0) is 20.5. The summed E-state index contributed by atoms with van der Waals surface area (Å²) in [5, 5.41) is 6.42. The average molecular weight is 404 g/mol. The fourth-order valence-corrected chi connectivity index (χ4v) is 2.83. The molecule has 1 atom stereocenters. The van der Waals surface area contributed by atoms with Gasteiger partial charge >= 0.3 is 0 Å². The number of nitrogens with zero attached hydrogens (tertiary/aromatic N) is 1. The number of likely N-dealkylation sites (N-methyl/N-ethyl adjacent to an activating group) is 1. The first-order valence-corrected chi connectivity index (χ1v) is 9.50. The smallest absolute Gasteiger partial charge is 0.238 e. The van der Waals surface area contributed by atoms with Crippen LogP contribution in [0.3, 0.4) is 0 Å². The van der Waals surface area contributed by atoms with Crippen LogP contribution < -0.4 is 15.4 Å². The number of benzene rings is 2. The average Bonchev–Trinajstić information content (AvgIpc) is 2.67. The molecule has 0 fully saturated rings. The maximum Gasteiger partial charge on any atom is 0.238 e. The number of methoxy groups -OCH3 is 1. The molecule has 0 aromatic heterocycles. The summed E-state index contributed by atoms with van der Waals surface area (Å²) in [5.74, 6) is 0.341. The Bertz CT molecular complexity index is 796. The second kappa shape index (κ2) is 10.7. The van der Waals surface area contributed by atoms with Gasteiger partial charge in [-0.2, -0.15) is 0 Å². The predicted octanol–water partition coefficient (Wildman–Crippen LogP) is 3.49. The van der Waals surface area contributed by atoms with Gasteiger partial charge in [0.1, 0.15) is 5.75 Å². The van der Waals surface area contributed by atoms with E-state index in [-0.39, 0.29) is 30.9 Å². The van der Waals surface area contributed by atoms with Crippen LogP contribution in [0.4, 0.5) is 5.69 Å². The molecule has 2 aromatic rings. The Morgan fingerprint density at radius 2 is 1.79 bits per heavy atom. The third-order valence-corrected chi connectivity index (χ3v) is 4.53. The molecule has 0 aliphatic rings. The van der Waals surface area contributed by atoms with Crippen LogP contribution in [0, 0.1) is 0 Å². The molecule has 6 nitrogen and oxygen atoms in total. The minimum Gasteiger partial charge on any atom is -0.497 e. The van der Waals surface area contributed by atoms with Gasteiger partial charge in [-0.25, -0.2) is 0 Å². The Morgan fingerprint density at radius 3 is 2.43 bits per heavy atom. The zero-order valence-corrected chi connectivity index (χ0v) is 17.1. The summed E-state index contributed by atoms with van der Waals surface area (Å²) in [4.78, 5) is 26.4. The lowest BCUT2D eigenvalue weighted by Gasteiger charge is -2.21. The molecule has 0 bridgehead atoms. The Morgan fingerprint density at radius 1 is 1.11 bits per heavy atom. The van der Waals surface area contributed by atoms with Gasteiger partial charge in [0.25, 0.3) is 0 Å². The Balaban J connectivity index is 1.85. The third kappa shape index (κ3) is 6.87. The first kappa shape index (κ1) is 21.7. The van der Waals surface area contributed by atoms with Crippen LogP contribution in [0.1, 0.15) is 25.5 Å². The highest BCUT2D eigenvalue weighted by Crippen LogP contribution is 2.17. The van der Waals surface area contributed by atoms with Gasteiger partial charge in [-0.15, -0.1) is 0 Å². The molecule has 0 saturated carbocycles.